The zero-order chi connectivity index (χ0) is 12.0. The molecule has 4 nitrogen and oxygen atoms in total. The van der Waals surface area contributed by atoms with Gasteiger partial charge in [0.05, 0.1) is 13.7 Å². The molecule has 1 N–H and O–H groups in total. The molecule has 0 amide bonds. The smallest absolute Gasteiger partial charge is 0.323 e. The Labute approximate surface area is 97.7 Å². The minimum Gasteiger partial charge on any atom is -0.468 e. The average molecular weight is 229 g/mol. The van der Waals surface area contributed by atoms with E-state index in [2.05, 4.69) is 5.32 Å². The topological polar surface area (TPSA) is 47.6 Å². The quantitative estimate of drug-likeness (QED) is 0.698. The van der Waals surface area contributed by atoms with Gasteiger partial charge in [-0.3, -0.25) is 4.79 Å². The fraction of sp³-hybridized carbons (Fsp3) is 0.917. The van der Waals surface area contributed by atoms with Crippen LogP contribution in [0.5, 0.6) is 0 Å². The Morgan fingerprint density at radius 3 is 2.50 bits per heavy atom. The lowest BCUT2D eigenvalue weighted by atomic mass is 10.0. The highest BCUT2D eigenvalue weighted by Gasteiger charge is 2.29. The van der Waals surface area contributed by atoms with Crippen molar-refractivity contribution in [3.8, 4) is 0 Å². The van der Waals surface area contributed by atoms with Gasteiger partial charge in [0, 0.05) is 19.1 Å². The Morgan fingerprint density at radius 1 is 1.38 bits per heavy atom. The van der Waals surface area contributed by atoms with Crippen molar-refractivity contribution in [2.24, 2.45) is 5.92 Å². The standard InChI is InChI=1S/C12H23NO3/c1-9(8-15-2)11(12(14)16-3)13-10-6-4-5-7-10/h9-11,13H,4-8H2,1-3H3. The first-order chi connectivity index (χ1) is 7.69. The van der Waals surface area contributed by atoms with Crippen LogP contribution in [0.25, 0.3) is 0 Å². The average Bonchev–Trinajstić information content (AvgIpc) is 2.78. The van der Waals surface area contributed by atoms with Gasteiger partial charge in [-0.25, -0.2) is 0 Å². The molecule has 4 heteroatoms. The zero-order valence-electron chi connectivity index (χ0n) is 10.5. The fourth-order valence-electron chi connectivity index (χ4n) is 2.30. The fourth-order valence-corrected chi connectivity index (χ4v) is 2.30. The maximum Gasteiger partial charge on any atom is 0.323 e. The van der Waals surface area contributed by atoms with E-state index >= 15 is 0 Å². The van der Waals surface area contributed by atoms with E-state index in [-0.39, 0.29) is 17.9 Å². The minimum atomic E-state index is -0.243. The molecule has 1 aliphatic rings. The van der Waals surface area contributed by atoms with Crippen molar-refractivity contribution in [2.75, 3.05) is 20.8 Å². The molecule has 0 aromatic rings. The van der Waals surface area contributed by atoms with Gasteiger partial charge in [0.2, 0.25) is 0 Å². The SMILES string of the molecule is COCC(C)C(NC1CCCC1)C(=O)OC. The van der Waals surface area contributed by atoms with Crippen LogP contribution in [0.3, 0.4) is 0 Å². The van der Waals surface area contributed by atoms with Gasteiger partial charge in [0.25, 0.3) is 0 Å². The summed E-state index contributed by atoms with van der Waals surface area (Å²) in [5, 5.41) is 3.40. The molecule has 0 saturated heterocycles. The van der Waals surface area contributed by atoms with Crippen molar-refractivity contribution in [2.45, 2.75) is 44.7 Å². The first-order valence-electron chi connectivity index (χ1n) is 6.01. The predicted octanol–water partition coefficient (Wildman–Crippen LogP) is 1.34. The van der Waals surface area contributed by atoms with Crippen LogP contribution in [0, 0.1) is 5.92 Å². The molecular formula is C12H23NO3. The van der Waals surface area contributed by atoms with Gasteiger partial charge < -0.3 is 14.8 Å². The minimum absolute atomic E-state index is 0.137. The molecule has 94 valence electrons. The third-order valence-electron chi connectivity index (χ3n) is 3.22. The summed E-state index contributed by atoms with van der Waals surface area (Å²) < 4.78 is 9.93. The molecule has 1 rings (SSSR count). The van der Waals surface area contributed by atoms with Gasteiger partial charge in [0.15, 0.2) is 0 Å². The molecule has 0 radical (unpaired) electrons. The van der Waals surface area contributed by atoms with Crippen molar-refractivity contribution >= 4 is 5.97 Å². The van der Waals surface area contributed by atoms with Crippen LogP contribution in [0.15, 0.2) is 0 Å². The highest BCUT2D eigenvalue weighted by atomic mass is 16.5. The number of rotatable bonds is 6. The molecular weight excluding hydrogens is 206 g/mol. The van der Waals surface area contributed by atoms with E-state index in [4.69, 9.17) is 9.47 Å². The summed E-state index contributed by atoms with van der Waals surface area (Å²) in [6.45, 7) is 2.58. The predicted molar refractivity (Wildman–Crippen MR) is 62.2 cm³/mol. The van der Waals surface area contributed by atoms with Crippen LogP contribution < -0.4 is 5.32 Å². The zero-order valence-corrected chi connectivity index (χ0v) is 10.5. The van der Waals surface area contributed by atoms with Crippen LogP contribution in [0.4, 0.5) is 0 Å². The Hall–Kier alpha value is -0.610. The highest BCUT2D eigenvalue weighted by molar-refractivity contribution is 5.76. The van der Waals surface area contributed by atoms with Gasteiger partial charge in [-0.05, 0) is 12.8 Å². The second kappa shape index (κ2) is 6.86. The highest BCUT2D eigenvalue weighted by Crippen LogP contribution is 2.19. The molecule has 0 aromatic heterocycles. The van der Waals surface area contributed by atoms with Crippen LogP contribution in [-0.2, 0) is 14.3 Å². The van der Waals surface area contributed by atoms with E-state index in [9.17, 15) is 4.79 Å². The summed E-state index contributed by atoms with van der Waals surface area (Å²) in [6, 6.07) is 0.219. The molecule has 16 heavy (non-hydrogen) atoms. The third-order valence-corrected chi connectivity index (χ3v) is 3.22. The molecule has 2 unspecified atom stereocenters. The largest absolute Gasteiger partial charge is 0.468 e. The van der Waals surface area contributed by atoms with Gasteiger partial charge in [0.1, 0.15) is 6.04 Å². The van der Waals surface area contributed by atoms with Crippen molar-refractivity contribution in [1.29, 1.82) is 0 Å². The molecule has 1 aliphatic carbocycles. The normalized spacial score (nSPS) is 20.7. The summed E-state index contributed by atoms with van der Waals surface area (Å²) in [6.07, 6.45) is 4.83. The maximum atomic E-state index is 11.7. The van der Waals surface area contributed by atoms with Crippen molar-refractivity contribution in [3.63, 3.8) is 0 Å². The van der Waals surface area contributed by atoms with Gasteiger partial charge in [-0.2, -0.15) is 0 Å². The summed E-state index contributed by atoms with van der Waals surface area (Å²) in [4.78, 5) is 11.7. The van der Waals surface area contributed by atoms with Crippen molar-refractivity contribution in [3.05, 3.63) is 0 Å². The molecule has 0 spiro atoms. The van der Waals surface area contributed by atoms with Gasteiger partial charge >= 0.3 is 5.97 Å². The Bertz CT molecular complexity index is 214. The number of carbonyl (C=O) groups excluding carboxylic acids is 1. The van der Waals surface area contributed by atoms with Crippen LogP contribution in [-0.4, -0.2) is 38.9 Å². The van der Waals surface area contributed by atoms with Gasteiger partial charge in [-0.15, -0.1) is 0 Å². The molecule has 0 aliphatic heterocycles. The van der Waals surface area contributed by atoms with Crippen molar-refractivity contribution < 1.29 is 14.3 Å². The van der Waals surface area contributed by atoms with Crippen LogP contribution in [0.1, 0.15) is 32.6 Å². The second-order valence-corrected chi connectivity index (χ2v) is 4.58. The number of esters is 1. The molecule has 1 saturated carbocycles. The maximum absolute atomic E-state index is 11.7. The first-order valence-corrected chi connectivity index (χ1v) is 6.01. The summed E-state index contributed by atoms with van der Waals surface area (Å²) >= 11 is 0. The molecule has 0 aromatic carbocycles. The first kappa shape index (κ1) is 13.5. The number of hydrogen-bond donors (Lipinski definition) is 1. The summed E-state index contributed by atoms with van der Waals surface area (Å²) in [5.74, 6) is -0.0468. The van der Waals surface area contributed by atoms with Crippen LogP contribution in [0.2, 0.25) is 0 Å². The van der Waals surface area contributed by atoms with Crippen molar-refractivity contribution in [1.82, 2.24) is 5.32 Å². The lowest BCUT2D eigenvalue weighted by Crippen LogP contribution is -2.48. The second-order valence-electron chi connectivity index (χ2n) is 4.58. The molecule has 2 atom stereocenters. The van der Waals surface area contributed by atoms with E-state index in [0.29, 0.717) is 12.6 Å². The Balaban J connectivity index is 2.51. The molecule has 0 bridgehead atoms. The number of methoxy groups -OCH3 is 2. The lowest BCUT2D eigenvalue weighted by Gasteiger charge is -2.25. The van der Waals surface area contributed by atoms with E-state index in [0.717, 1.165) is 12.8 Å². The Kier molecular flexibility index (Phi) is 5.77. The van der Waals surface area contributed by atoms with E-state index in [1.54, 1.807) is 7.11 Å². The lowest BCUT2D eigenvalue weighted by molar-refractivity contribution is -0.145. The van der Waals surface area contributed by atoms with Crippen LogP contribution >= 0.6 is 0 Å². The Morgan fingerprint density at radius 2 is 2.00 bits per heavy atom. The molecule has 0 heterocycles. The summed E-state index contributed by atoms with van der Waals surface area (Å²) in [5.41, 5.74) is 0. The number of nitrogens with one attached hydrogen (secondary N) is 1. The molecule has 1 fully saturated rings. The number of carbonyl (C=O) groups is 1. The number of ether oxygens (including phenoxy) is 2. The third kappa shape index (κ3) is 3.76. The number of hydrogen-bond acceptors (Lipinski definition) is 4. The summed E-state index contributed by atoms with van der Waals surface area (Å²) in [7, 11) is 3.09. The monoisotopic (exact) mass is 229 g/mol. The van der Waals surface area contributed by atoms with E-state index < -0.39 is 0 Å². The van der Waals surface area contributed by atoms with E-state index in [1.807, 2.05) is 6.92 Å². The van der Waals surface area contributed by atoms with E-state index in [1.165, 1.54) is 20.0 Å². The van der Waals surface area contributed by atoms with Gasteiger partial charge in [-0.1, -0.05) is 19.8 Å².